The van der Waals surface area contributed by atoms with Crippen LogP contribution in [-0.4, -0.2) is 26.8 Å². The predicted molar refractivity (Wildman–Crippen MR) is 69.1 cm³/mol. The van der Waals surface area contributed by atoms with Gasteiger partial charge in [-0.2, -0.15) is 0 Å². The van der Waals surface area contributed by atoms with Crippen molar-refractivity contribution >= 4 is 11.6 Å². The first-order valence-electron chi connectivity index (χ1n) is 5.77. The fourth-order valence-corrected chi connectivity index (χ4v) is 2.02. The van der Waals surface area contributed by atoms with Crippen molar-refractivity contribution in [1.82, 2.24) is 5.32 Å². The molecule has 1 aromatic rings. The van der Waals surface area contributed by atoms with Gasteiger partial charge in [0.1, 0.15) is 5.82 Å². The van der Waals surface area contributed by atoms with Crippen LogP contribution in [0.15, 0.2) is 18.2 Å². The van der Waals surface area contributed by atoms with E-state index in [4.69, 9.17) is 16.3 Å². The Labute approximate surface area is 107 Å². The first-order valence-corrected chi connectivity index (χ1v) is 6.15. The Morgan fingerprint density at radius 1 is 1.47 bits per heavy atom. The highest BCUT2D eigenvalue weighted by Gasteiger charge is 2.10. The van der Waals surface area contributed by atoms with E-state index >= 15 is 0 Å². The number of rotatable bonds is 7. The van der Waals surface area contributed by atoms with Gasteiger partial charge >= 0.3 is 0 Å². The lowest BCUT2D eigenvalue weighted by Gasteiger charge is -2.16. The minimum Gasteiger partial charge on any atom is -0.385 e. The number of halogens is 2. The van der Waals surface area contributed by atoms with Crippen LogP contribution >= 0.6 is 11.6 Å². The van der Waals surface area contributed by atoms with Gasteiger partial charge in [-0.15, -0.1) is 0 Å². The molecule has 0 fully saturated rings. The third kappa shape index (κ3) is 5.02. The number of methoxy groups -OCH3 is 1. The molecule has 0 aliphatic heterocycles. The second kappa shape index (κ2) is 7.64. The fraction of sp³-hybridized carbons (Fsp3) is 0.538. The summed E-state index contributed by atoms with van der Waals surface area (Å²) >= 11 is 6.00. The smallest absolute Gasteiger partial charge is 0.124 e. The van der Waals surface area contributed by atoms with E-state index in [0.29, 0.717) is 11.1 Å². The molecule has 2 nitrogen and oxygen atoms in total. The Kier molecular flexibility index (Phi) is 6.48. The van der Waals surface area contributed by atoms with E-state index in [1.807, 2.05) is 7.05 Å². The van der Waals surface area contributed by atoms with Gasteiger partial charge in [0.2, 0.25) is 0 Å². The van der Waals surface area contributed by atoms with E-state index in [-0.39, 0.29) is 5.82 Å². The zero-order chi connectivity index (χ0) is 12.7. The average molecular weight is 260 g/mol. The maximum absolute atomic E-state index is 12.9. The Bertz CT molecular complexity index is 346. The third-order valence-corrected chi connectivity index (χ3v) is 3.14. The molecular formula is C13H19ClFNO. The largest absolute Gasteiger partial charge is 0.385 e. The van der Waals surface area contributed by atoms with Crippen LogP contribution in [0, 0.1) is 5.82 Å². The summed E-state index contributed by atoms with van der Waals surface area (Å²) in [6.07, 6.45) is 2.82. The highest BCUT2D eigenvalue weighted by molar-refractivity contribution is 6.31. The van der Waals surface area contributed by atoms with Gasteiger partial charge < -0.3 is 10.1 Å². The van der Waals surface area contributed by atoms with Crippen LogP contribution in [-0.2, 0) is 11.2 Å². The molecular weight excluding hydrogens is 241 g/mol. The lowest BCUT2D eigenvalue weighted by Crippen LogP contribution is -2.28. The van der Waals surface area contributed by atoms with Crippen LogP contribution in [0.2, 0.25) is 5.02 Å². The molecule has 0 heterocycles. The van der Waals surface area contributed by atoms with Crippen molar-refractivity contribution in [1.29, 1.82) is 0 Å². The summed E-state index contributed by atoms with van der Waals surface area (Å²) in [6.45, 7) is 0.759. The van der Waals surface area contributed by atoms with Gasteiger partial charge in [0, 0.05) is 24.8 Å². The first-order chi connectivity index (χ1) is 8.17. The molecule has 0 aliphatic rings. The second-order valence-electron chi connectivity index (χ2n) is 4.06. The molecule has 1 atom stereocenters. The van der Waals surface area contributed by atoms with Crippen molar-refractivity contribution in [2.45, 2.75) is 25.3 Å². The van der Waals surface area contributed by atoms with Crippen molar-refractivity contribution in [2.24, 2.45) is 0 Å². The van der Waals surface area contributed by atoms with Crippen molar-refractivity contribution < 1.29 is 9.13 Å². The van der Waals surface area contributed by atoms with Gasteiger partial charge in [0.15, 0.2) is 0 Å². The normalized spacial score (nSPS) is 12.7. The van der Waals surface area contributed by atoms with Crippen LogP contribution in [0.4, 0.5) is 4.39 Å². The molecule has 0 aliphatic carbocycles. The number of nitrogens with one attached hydrogen (secondary N) is 1. The van der Waals surface area contributed by atoms with Crippen molar-refractivity contribution in [3.8, 4) is 0 Å². The Morgan fingerprint density at radius 2 is 2.24 bits per heavy atom. The second-order valence-corrected chi connectivity index (χ2v) is 4.47. The summed E-state index contributed by atoms with van der Waals surface area (Å²) in [5.74, 6) is -0.292. The number of ether oxygens (including phenoxy) is 1. The van der Waals surface area contributed by atoms with Crippen molar-refractivity contribution in [3.05, 3.63) is 34.6 Å². The lowest BCUT2D eigenvalue weighted by molar-refractivity contribution is 0.189. The van der Waals surface area contributed by atoms with Crippen LogP contribution < -0.4 is 5.32 Å². The van der Waals surface area contributed by atoms with Gasteiger partial charge in [0.05, 0.1) is 0 Å². The van der Waals surface area contributed by atoms with E-state index in [1.54, 1.807) is 13.2 Å². The van der Waals surface area contributed by atoms with Crippen LogP contribution in [0.1, 0.15) is 18.4 Å². The fourth-order valence-electron chi connectivity index (χ4n) is 1.78. The Balaban J connectivity index is 2.54. The Hall–Kier alpha value is -0.640. The average Bonchev–Trinajstić information content (AvgIpc) is 2.31. The van der Waals surface area contributed by atoms with Gasteiger partial charge in [0.25, 0.3) is 0 Å². The zero-order valence-corrected chi connectivity index (χ0v) is 11.1. The number of likely N-dealkylation sites (N-methyl/N-ethyl adjacent to an activating group) is 1. The van der Waals surface area contributed by atoms with Crippen molar-refractivity contribution in [3.63, 3.8) is 0 Å². The molecule has 0 amide bonds. The highest BCUT2D eigenvalue weighted by Crippen LogP contribution is 2.19. The molecule has 1 rings (SSSR count). The standard InChI is InChI=1S/C13H19ClFNO/c1-16-12(4-3-7-17-2)8-10-5-6-11(15)9-13(10)14/h5-6,9,12,16H,3-4,7-8H2,1-2H3. The highest BCUT2D eigenvalue weighted by atomic mass is 35.5. The van der Waals surface area contributed by atoms with Crippen LogP contribution in [0.25, 0.3) is 0 Å². The molecule has 0 spiro atoms. The summed E-state index contributed by atoms with van der Waals surface area (Å²) in [5.41, 5.74) is 0.977. The molecule has 0 saturated carbocycles. The lowest BCUT2D eigenvalue weighted by atomic mass is 10.0. The van der Waals surface area contributed by atoms with Crippen LogP contribution in [0.3, 0.4) is 0 Å². The van der Waals surface area contributed by atoms with E-state index < -0.39 is 0 Å². The maximum Gasteiger partial charge on any atom is 0.124 e. The van der Waals surface area contributed by atoms with E-state index in [2.05, 4.69) is 5.32 Å². The maximum atomic E-state index is 12.9. The van der Waals surface area contributed by atoms with Crippen LogP contribution in [0.5, 0.6) is 0 Å². The third-order valence-electron chi connectivity index (χ3n) is 2.79. The molecule has 96 valence electrons. The quantitative estimate of drug-likeness (QED) is 0.760. The molecule has 17 heavy (non-hydrogen) atoms. The molecule has 0 radical (unpaired) electrons. The van der Waals surface area contributed by atoms with Gasteiger partial charge in [-0.05, 0) is 44.0 Å². The van der Waals surface area contributed by atoms with E-state index in [1.165, 1.54) is 12.1 Å². The van der Waals surface area contributed by atoms with E-state index in [0.717, 1.165) is 31.4 Å². The first kappa shape index (κ1) is 14.4. The Morgan fingerprint density at radius 3 is 2.82 bits per heavy atom. The number of benzene rings is 1. The molecule has 0 saturated heterocycles. The van der Waals surface area contributed by atoms with Gasteiger partial charge in [-0.3, -0.25) is 0 Å². The molecule has 0 bridgehead atoms. The SMILES string of the molecule is CNC(CCCOC)Cc1ccc(F)cc1Cl. The predicted octanol–water partition coefficient (Wildman–Crippen LogP) is 3.04. The number of hydrogen-bond acceptors (Lipinski definition) is 2. The zero-order valence-electron chi connectivity index (χ0n) is 10.3. The number of hydrogen-bond donors (Lipinski definition) is 1. The van der Waals surface area contributed by atoms with Gasteiger partial charge in [-0.1, -0.05) is 17.7 Å². The van der Waals surface area contributed by atoms with Crippen molar-refractivity contribution in [2.75, 3.05) is 20.8 Å². The summed E-state index contributed by atoms with van der Waals surface area (Å²) in [6, 6.07) is 4.90. The monoisotopic (exact) mass is 259 g/mol. The topological polar surface area (TPSA) is 21.3 Å². The molecule has 1 N–H and O–H groups in total. The summed E-state index contributed by atoms with van der Waals surface area (Å²) in [4.78, 5) is 0. The molecule has 4 heteroatoms. The minimum atomic E-state index is -0.292. The molecule has 1 unspecified atom stereocenters. The van der Waals surface area contributed by atoms with E-state index in [9.17, 15) is 4.39 Å². The molecule has 1 aromatic carbocycles. The summed E-state index contributed by atoms with van der Waals surface area (Å²) < 4.78 is 17.9. The minimum absolute atomic E-state index is 0.292. The summed E-state index contributed by atoms with van der Waals surface area (Å²) in [7, 11) is 3.63. The summed E-state index contributed by atoms with van der Waals surface area (Å²) in [5, 5.41) is 3.74. The molecule has 0 aromatic heterocycles. The van der Waals surface area contributed by atoms with Gasteiger partial charge in [-0.25, -0.2) is 4.39 Å².